The van der Waals surface area contributed by atoms with E-state index in [-0.39, 0.29) is 0 Å². The van der Waals surface area contributed by atoms with Gasteiger partial charge in [0.25, 0.3) is 0 Å². The lowest BCUT2D eigenvalue weighted by Crippen LogP contribution is -2.35. The minimum atomic E-state index is 0.846. The Morgan fingerprint density at radius 2 is 2.17 bits per heavy atom. The van der Waals surface area contributed by atoms with Crippen molar-refractivity contribution in [1.82, 2.24) is 9.47 Å². The van der Waals surface area contributed by atoms with E-state index < -0.39 is 0 Å². The van der Waals surface area contributed by atoms with Crippen LogP contribution in [0.25, 0.3) is 10.9 Å². The Morgan fingerprint density at radius 1 is 1.26 bits per heavy atom. The highest BCUT2D eigenvalue weighted by atomic mass is 16.5. The van der Waals surface area contributed by atoms with Crippen molar-refractivity contribution in [2.75, 3.05) is 26.8 Å². The predicted octanol–water partition coefficient (Wildman–Crippen LogP) is 4.30. The zero-order valence-electron chi connectivity index (χ0n) is 14.6. The summed E-state index contributed by atoms with van der Waals surface area (Å²) in [6.45, 7) is 7.73. The molecule has 0 N–H and O–H groups in total. The largest absolute Gasteiger partial charge is 0.385 e. The fraction of sp³-hybridized carbons (Fsp3) is 0.600. The lowest BCUT2D eigenvalue weighted by molar-refractivity contribution is 0.143. The van der Waals surface area contributed by atoms with Crippen LogP contribution < -0.4 is 0 Å². The van der Waals surface area contributed by atoms with Gasteiger partial charge in [0.15, 0.2) is 0 Å². The summed E-state index contributed by atoms with van der Waals surface area (Å²) in [5.74, 6) is 0.846. The summed E-state index contributed by atoms with van der Waals surface area (Å²) in [6.07, 6.45) is 7.45. The molecule has 1 aromatic heterocycles. The molecule has 2 aromatic rings. The van der Waals surface area contributed by atoms with Gasteiger partial charge in [-0.15, -0.1) is 0 Å². The van der Waals surface area contributed by atoms with E-state index in [1.165, 1.54) is 55.2 Å². The molecule has 1 saturated heterocycles. The SMILES string of the molecule is CCn1ccc2c(CN3CCC[C@@H](CCCOC)C3)cccc21. The van der Waals surface area contributed by atoms with Crippen LogP contribution in [0.2, 0.25) is 0 Å². The van der Waals surface area contributed by atoms with E-state index in [0.29, 0.717) is 0 Å². The molecule has 0 amide bonds. The number of ether oxygens (including phenoxy) is 1. The molecule has 1 fully saturated rings. The van der Waals surface area contributed by atoms with Crippen LogP contribution in [-0.2, 0) is 17.8 Å². The van der Waals surface area contributed by atoms with Gasteiger partial charge in [-0.1, -0.05) is 12.1 Å². The highest BCUT2D eigenvalue weighted by molar-refractivity contribution is 5.83. The Kier molecular flexibility index (Phi) is 5.74. The third-order valence-corrected chi connectivity index (χ3v) is 5.20. The summed E-state index contributed by atoms with van der Waals surface area (Å²) in [4.78, 5) is 2.65. The van der Waals surface area contributed by atoms with Crippen LogP contribution in [0.1, 0.15) is 38.2 Å². The van der Waals surface area contributed by atoms with Crippen molar-refractivity contribution >= 4 is 10.9 Å². The Hall–Kier alpha value is -1.32. The summed E-state index contributed by atoms with van der Waals surface area (Å²) in [7, 11) is 1.80. The lowest BCUT2D eigenvalue weighted by Gasteiger charge is -2.33. The Morgan fingerprint density at radius 3 is 3.00 bits per heavy atom. The van der Waals surface area contributed by atoms with E-state index >= 15 is 0 Å². The quantitative estimate of drug-likeness (QED) is 0.709. The highest BCUT2D eigenvalue weighted by Crippen LogP contribution is 2.26. The first kappa shape index (κ1) is 16.5. The van der Waals surface area contributed by atoms with Gasteiger partial charge in [-0.05, 0) is 62.8 Å². The van der Waals surface area contributed by atoms with Crippen molar-refractivity contribution in [3.63, 3.8) is 0 Å². The number of aromatic nitrogens is 1. The third-order valence-electron chi connectivity index (χ3n) is 5.20. The fourth-order valence-electron chi connectivity index (χ4n) is 3.99. The summed E-state index contributed by atoms with van der Waals surface area (Å²) >= 11 is 0. The van der Waals surface area contributed by atoms with Gasteiger partial charge in [0.1, 0.15) is 0 Å². The van der Waals surface area contributed by atoms with Gasteiger partial charge in [0.2, 0.25) is 0 Å². The van der Waals surface area contributed by atoms with Gasteiger partial charge in [-0.25, -0.2) is 0 Å². The standard InChI is InChI=1S/C20H30N2O/c1-3-22-13-11-19-18(9-4-10-20(19)22)16-21-12-5-7-17(15-21)8-6-14-23-2/h4,9-11,13,17H,3,5-8,12,14-16H2,1-2H3/t17-/m0/s1. The minimum Gasteiger partial charge on any atom is -0.385 e. The van der Waals surface area contributed by atoms with Crippen LogP contribution >= 0.6 is 0 Å². The second-order valence-electron chi connectivity index (χ2n) is 6.83. The number of nitrogens with zero attached hydrogens (tertiary/aromatic N) is 2. The first-order valence-corrected chi connectivity index (χ1v) is 9.10. The number of rotatable bonds is 7. The number of hydrogen-bond donors (Lipinski definition) is 0. The van der Waals surface area contributed by atoms with Gasteiger partial charge in [-0.3, -0.25) is 4.90 Å². The van der Waals surface area contributed by atoms with Crippen molar-refractivity contribution in [3.05, 3.63) is 36.0 Å². The van der Waals surface area contributed by atoms with Crippen LogP contribution in [0, 0.1) is 5.92 Å². The Labute approximate surface area is 140 Å². The molecule has 1 aliphatic rings. The monoisotopic (exact) mass is 314 g/mol. The number of aryl methyl sites for hydroxylation is 1. The van der Waals surface area contributed by atoms with Gasteiger partial charge in [0.05, 0.1) is 0 Å². The Balaban J connectivity index is 1.66. The molecule has 0 spiro atoms. The van der Waals surface area contributed by atoms with E-state index in [2.05, 4.69) is 46.9 Å². The number of methoxy groups -OCH3 is 1. The number of fused-ring (bicyclic) bond motifs is 1. The van der Waals surface area contributed by atoms with E-state index in [1.807, 2.05) is 0 Å². The fourth-order valence-corrected chi connectivity index (χ4v) is 3.99. The lowest BCUT2D eigenvalue weighted by atomic mass is 9.93. The molecule has 1 aliphatic heterocycles. The van der Waals surface area contributed by atoms with E-state index in [9.17, 15) is 0 Å². The van der Waals surface area contributed by atoms with E-state index in [0.717, 1.165) is 25.6 Å². The zero-order chi connectivity index (χ0) is 16.1. The van der Waals surface area contributed by atoms with Crippen molar-refractivity contribution in [2.45, 2.75) is 45.7 Å². The van der Waals surface area contributed by atoms with E-state index in [4.69, 9.17) is 4.74 Å². The summed E-state index contributed by atoms with van der Waals surface area (Å²) in [5.41, 5.74) is 2.85. The summed E-state index contributed by atoms with van der Waals surface area (Å²) < 4.78 is 7.54. The normalized spacial score (nSPS) is 19.5. The van der Waals surface area contributed by atoms with Gasteiger partial charge >= 0.3 is 0 Å². The average molecular weight is 314 g/mol. The molecular formula is C20H30N2O. The summed E-state index contributed by atoms with van der Waals surface area (Å²) in [6, 6.07) is 9.04. The zero-order valence-corrected chi connectivity index (χ0v) is 14.6. The molecule has 23 heavy (non-hydrogen) atoms. The van der Waals surface area contributed by atoms with Crippen molar-refractivity contribution in [3.8, 4) is 0 Å². The van der Waals surface area contributed by atoms with Crippen molar-refractivity contribution < 1.29 is 4.74 Å². The van der Waals surface area contributed by atoms with Crippen LogP contribution in [0.3, 0.4) is 0 Å². The van der Waals surface area contributed by atoms with Gasteiger partial charge < -0.3 is 9.30 Å². The molecular weight excluding hydrogens is 284 g/mol. The number of hydrogen-bond acceptors (Lipinski definition) is 2. The molecule has 126 valence electrons. The molecule has 0 saturated carbocycles. The molecule has 3 heteroatoms. The molecule has 0 radical (unpaired) electrons. The first-order valence-electron chi connectivity index (χ1n) is 9.10. The predicted molar refractivity (Wildman–Crippen MR) is 96.7 cm³/mol. The summed E-state index contributed by atoms with van der Waals surface area (Å²) in [5, 5.41) is 1.43. The molecule has 0 bridgehead atoms. The molecule has 3 nitrogen and oxygen atoms in total. The van der Waals surface area contributed by atoms with Crippen molar-refractivity contribution in [1.29, 1.82) is 0 Å². The number of benzene rings is 1. The molecule has 0 unspecified atom stereocenters. The average Bonchev–Trinajstić information content (AvgIpc) is 3.00. The highest BCUT2D eigenvalue weighted by Gasteiger charge is 2.20. The first-order chi connectivity index (χ1) is 11.3. The maximum Gasteiger partial charge on any atom is 0.0483 e. The Bertz CT molecular complexity index is 619. The van der Waals surface area contributed by atoms with E-state index in [1.54, 1.807) is 7.11 Å². The maximum atomic E-state index is 5.20. The van der Waals surface area contributed by atoms with Crippen LogP contribution in [-0.4, -0.2) is 36.3 Å². The smallest absolute Gasteiger partial charge is 0.0483 e. The topological polar surface area (TPSA) is 17.4 Å². The van der Waals surface area contributed by atoms with Crippen LogP contribution in [0.15, 0.2) is 30.5 Å². The molecule has 0 aliphatic carbocycles. The minimum absolute atomic E-state index is 0.846. The molecule has 1 atom stereocenters. The second-order valence-corrected chi connectivity index (χ2v) is 6.83. The maximum absolute atomic E-state index is 5.20. The van der Waals surface area contributed by atoms with Gasteiger partial charge in [-0.2, -0.15) is 0 Å². The van der Waals surface area contributed by atoms with Crippen LogP contribution in [0.5, 0.6) is 0 Å². The second kappa shape index (κ2) is 7.98. The number of likely N-dealkylation sites (tertiary alicyclic amines) is 1. The van der Waals surface area contributed by atoms with Crippen LogP contribution in [0.4, 0.5) is 0 Å². The third kappa shape index (κ3) is 3.96. The molecule has 1 aromatic carbocycles. The van der Waals surface area contributed by atoms with Crippen molar-refractivity contribution in [2.24, 2.45) is 5.92 Å². The molecule has 3 rings (SSSR count). The van der Waals surface area contributed by atoms with Gasteiger partial charge in [0, 0.05) is 50.5 Å². The number of piperidine rings is 1. The molecule has 2 heterocycles.